The van der Waals surface area contributed by atoms with E-state index in [-0.39, 0.29) is 0 Å². The molecule has 0 unspecified atom stereocenters. The Morgan fingerprint density at radius 3 is 1.98 bits per heavy atom. The van der Waals surface area contributed by atoms with Crippen LogP contribution in [0.3, 0.4) is 0 Å². The fourth-order valence-electron chi connectivity index (χ4n) is 4.57. The summed E-state index contributed by atoms with van der Waals surface area (Å²) >= 11 is 0. The zero-order valence-corrected chi connectivity index (χ0v) is 22.3. The molecule has 6 rings (SSSR count). The van der Waals surface area contributed by atoms with Crippen LogP contribution in [0.5, 0.6) is 11.5 Å². The summed E-state index contributed by atoms with van der Waals surface area (Å²) in [6.45, 7) is 0. The number of halogens is 4. The molecule has 7 nitrogen and oxygen atoms in total. The topological polar surface area (TPSA) is 93.2 Å². The average Bonchev–Trinajstić information content (AvgIpc) is 3.81. The molecule has 2 aromatic heterocycles. The number of rotatable bonds is 7. The molecule has 5 aromatic rings. The number of fused-ring (bicyclic) bond motifs is 1. The number of ether oxygens (including phenoxy) is 1. The Morgan fingerprint density at radius 1 is 0.767 bits per heavy atom. The van der Waals surface area contributed by atoms with E-state index in [0.29, 0.717) is 57.7 Å². The minimum absolute atomic E-state index is 0.402. The molecule has 2 heterocycles. The molecule has 11 heteroatoms. The molecule has 1 aliphatic rings. The first-order chi connectivity index (χ1) is 20.6. The van der Waals surface area contributed by atoms with Crippen LogP contribution >= 0.6 is 0 Å². The Bertz CT molecular complexity index is 1820. The molecule has 2 N–H and O–H groups in total. The highest BCUT2D eigenvalue weighted by molar-refractivity contribution is 6.16. The highest BCUT2D eigenvalue weighted by Crippen LogP contribution is 2.47. The molecular formula is C32H22F4N4O3. The van der Waals surface area contributed by atoms with Crippen molar-refractivity contribution < 1.29 is 31.9 Å². The monoisotopic (exact) mass is 586 g/mol. The third-order valence-electron chi connectivity index (χ3n) is 7.15. The van der Waals surface area contributed by atoms with Crippen LogP contribution in [0, 0.1) is 11.2 Å². The van der Waals surface area contributed by atoms with Gasteiger partial charge in [0.05, 0.1) is 5.52 Å². The number of amides is 2. The van der Waals surface area contributed by atoms with Crippen LogP contribution in [0.4, 0.5) is 28.9 Å². The molecule has 216 valence electrons. The van der Waals surface area contributed by atoms with Crippen molar-refractivity contribution in [1.29, 1.82) is 0 Å². The van der Waals surface area contributed by atoms with Gasteiger partial charge in [-0.3, -0.25) is 19.6 Å². The summed E-state index contributed by atoms with van der Waals surface area (Å²) in [5.74, 6) is -0.311. The van der Waals surface area contributed by atoms with Crippen LogP contribution in [0.25, 0.3) is 22.0 Å². The number of aromatic nitrogens is 2. The predicted octanol–water partition coefficient (Wildman–Crippen LogP) is 7.60. The summed E-state index contributed by atoms with van der Waals surface area (Å²) in [7, 11) is 0. The number of pyridine rings is 2. The number of benzene rings is 3. The van der Waals surface area contributed by atoms with Gasteiger partial charge in [-0.25, -0.2) is 4.39 Å². The van der Waals surface area contributed by atoms with Crippen LogP contribution in [0.1, 0.15) is 18.5 Å². The maximum atomic E-state index is 13.2. The first-order valence-corrected chi connectivity index (χ1v) is 13.2. The fraction of sp³-hybridized carbons (Fsp3) is 0.125. The van der Waals surface area contributed by atoms with E-state index in [1.165, 1.54) is 36.5 Å². The minimum atomic E-state index is -4.51. The smallest absolute Gasteiger partial charge is 0.433 e. The summed E-state index contributed by atoms with van der Waals surface area (Å²) in [6.07, 6.45) is -0.971. The Morgan fingerprint density at radius 2 is 1.40 bits per heavy atom. The van der Waals surface area contributed by atoms with E-state index in [4.69, 9.17) is 4.74 Å². The van der Waals surface area contributed by atoms with Crippen LogP contribution in [-0.4, -0.2) is 21.8 Å². The second kappa shape index (κ2) is 10.8. The standard InChI is InChI=1S/C32H22F4N4O3/c33-21-3-5-22(6-4-21)39-29(41)31(14-15-31)30(42)40-23-7-9-24(10-8-23)43-27-13-16-37-26-17-19(1-11-25(26)27)20-2-12-28(38-18-20)32(34,35)36/h1-13,16-18H,14-15H2,(H,39,41)(H,40,42). The maximum Gasteiger partial charge on any atom is 0.433 e. The Hall–Kier alpha value is -5.32. The van der Waals surface area contributed by atoms with Crippen molar-refractivity contribution in [3.05, 3.63) is 109 Å². The van der Waals surface area contributed by atoms with Crippen molar-refractivity contribution in [2.75, 3.05) is 10.6 Å². The average molecular weight is 587 g/mol. The van der Waals surface area contributed by atoms with Crippen LogP contribution < -0.4 is 15.4 Å². The van der Waals surface area contributed by atoms with E-state index >= 15 is 0 Å². The van der Waals surface area contributed by atoms with E-state index in [1.54, 1.807) is 54.7 Å². The highest BCUT2D eigenvalue weighted by atomic mass is 19.4. The molecular weight excluding hydrogens is 564 g/mol. The first-order valence-electron chi connectivity index (χ1n) is 13.2. The van der Waals surface area contributed by atoms with Crippen LogP contribution in [-0.2, 0) is 15.8 Å². The summed E-state index contributed by atoms with van der Waals surface area (Å²) in [5, 5.41) is 6.14. The van der Waals surface area contributed by atoms with Gasteiger partial charge in [-0.05, 0) is 91.2 Å². The number of hydrogen-bond donors (Lipinski definition) is 2. The van der Waals surface area contributed by atoms with Crippen molar-refractivity contribution in [3.8, 4) is 22.6 Å². The lowest BCUT2D eigenvalue weighted by molar-refractivity contribution is -0.141. The van der Waals surface area contributed by atoms with Crippen LogP contribution in [0.2, 0.25) is 0 Å². The number of carbonyl (C=O) groups is 2. The largest absolute Gasteiger partial charge is 0.457 e. The summed E-state index contributed by atoms with van der Waals surface area (Å²) in [5.41, 5.74) is 0.480. The Labute approximate surface area is 242 Å². The predicted molar refractivity (Wildman–Crippen MR) is 152 cm³/mol. The van der Waals surface area contributed by atoms with Gasteiger partial charge in [0.15, 0.2) is 0 Å². The third-order valence-corrected chi connectivity index (χ3v) is 7.15. The third kappa shape index (κ3) is 5.87. The fourth-order valence-corrected chi connectivity index (χ4v) is 4.57. The van der Waals surface area contributed by atoms with Gasteiger partial charge >= 0.3 is 6.18 Å². The molecule has 1 fully saturated rings. The second-order valence-electron chi connectivity index (χ2n) is 10.1. The second-order valence-corrected chi connectivity index (χ2v) is 10.1. The van der Waals surface area contributed by atoms with Gasteiger partial charge in [-0.15, -0.1) is 0 Å². The molecule has 0 bridgehead atoms. The Kier molecular flexibility index (Phi) is 7.01. The minimum Gasteiger partial charge on any atom is -0.457 e. The molecule has 43 heavy (non-hydrogen) atoms. The molecule has 0 atom stereocenters. The van der Waals surface area contributed by atoms with Gasteiger partial charge in [0.25, 0.3) is 0 Å². The van der Waals surface area contributed by atoms with E-state index in [0.717, 1.165) is 6.07 Å². The van der Waals surface area contributed by atoms with Gasteiger partial charge in [0.1, 0.15) is 28.4 Å². The van der Waals surface area contributed by atoms with Crippen molar-refractivity contribution in [1.82, 2.24) is 9.97 Å². The van der Waals surface area contributed by atoms with Gasteiger partial charge in [-0.2, -0.15) is 13.2 Å². The summed E-state index contributed by atoms with van der Waals surface area (Å²) in [4.78, 5) is 33.7. The lowest BCUT2D eigenvalue weighted by Gasteiger charge is -2.16. The molecule has 0 aliphatic heterocycles. The number of anilines is 2. The quantitative estimate of drug-likeness (QED) is 0.151. The SMILES string of the molecule is O=C(Nc1ccc(F)cc1)C1(C(=O)Nc2ccc(Oc3ccnc4cc(-c5ccc(C(F)(F)F)nc5)ccc34)cc2)CC1. The number of nitrogens with zero attached hydrogens (tertiary/aromatic N) is 2. The lowest BCUT2D eigenvalue weighted by atomic mass is 10.0. The summed E-state index contributed by atoms with van der Waals surface area (Å²) in [6, 6.07) is 21.2. The van der Waals surface area contributed by atoms with Crippen molar-refractivity contribution in [2.24, 2.45) is 5.41 Å². The molecule has 0 radical (unpaired) electrons. The number of alkyl halides is 3. The van der Waals surface area contributed by atoms with Crippen molar-refractivity contribution in [3.63, 3.8) is 0 Å². The highest BCUT2D eigenvalue weighted by Gasteiger charge is 2.56. The summed E-state index contributed by atoms with van der Waals surface area (Å²) < 4.78 is 57.8. The number of carbonyl (C=O) groups excluding carboxylic acids is 2. The molecule has 1 aliphatic carbocycles. The number of hydrogen-bond acceptors (Lipinski definition) is 5. The molecule has 2 amide bonds. The normalized spacial score (nSPS) is 13.8. The van der Waals surface area contributed by atoms with E-state index < -0.39 is 34.9 Å². The van der Waals surface area contributed by atoms with Gasteiger partial charge < -0.3 is 15.4 Å². The van der Waals surface area contributed by atoms with Gasteiger partial charge in [-0.1, -0.05) is 12.1 Å². The van der Waals surface area contributed by atoms with E-state index in [9.17, 15) is 27.2 Å². The van der Waals surface area contributed by atoms with Crippen molar-refractivity contribution >= 4 is 34.1 Å². The van der Waals surface area contributed by atoms with Gasteiger partial charge in [0.2, 0.25) is 11.8 Å². The van der Waals surface area contributed by atoms with Crippen molar-refractivity contribution in [2.45, 2.75) is 19.0 Å². The zero-order valence-electron chi connectivity index (χ0n) is 22.3. The van der Waals surface area contributed by atoms with Crippen LogP contribution in [0.15, 0.2) is 97.3 Å². The van der Waals surface area contributed by atoms with E-state index in [1.807, 2.05) is 0 Å². The molecule has 1 saturated carbocycles. The first kappa shape index (κ1) is 27.8. The lowest BCUT2D eigenvalue weighted by Crippen LogP contribution is -2.35. The molecule has 0 spiro atoms. The molecule has 3 aromatic carbocycles. The zero-order chi connectivity index (χ0) is 30.2. The van der Waals surface area contributed by atoms with E-state index in [2.05, 4.69) is 20.6 Å². The van der Waals surface area contributed by atoms with Gasteiger partial charge in [0, 0.05) is 34.7 Å². The molecule has 0 saturated heterocycles. The Balaban J connectivity index is 1.12. The maximum absolute atomic E-state index is 13.2. The number of nitrogens with one attached hydrogen (secondary N) is 2.